The number of nitrogens with one attached hydrogen (secondary N) is 2. The van der Waals surface area contributed by atoms with Gasteiger partial charge in [0.2, 0.25) is 0 Å². The van der Waals surface area contributed by atoms with Gasteiger partial charge in [-0.05, 0) is 66.9 Å². The molecule has 1 aromatic heterocycles. The number of aromatic nitrogens is 2. The highest BCUT2D eigenvalue weighted by molar-refractivity contribution is 6.32. The smallest absolute Gasteiger partial charge is 0.159 e. The topological polar surface area (TPSA) is 89.9 Å². The molecule has 212 valence electrons. The average molecular weight is 596 g/mol. The third-order valence-electron chi connectivity index (χ3n) is 6.06. The lowest BCUT2D eigenvalue weighted by Gasteiger charge is -2.22. The number of nitrogens with zero attached hydrogens (tertiary/aromatic N) is 3. The van der Waals surface area contributed by atoms with E-state index in [1.54, 1.807) is 31.2 Å². The van der Waals surface area contributed by atoms with Gasteiger partial charge in [-0.1, -0.05) is 34.8 Å². The molecule has 0 bridgehead atoms. The maximum Gasteiger partial charge on any atom is 0.159 e. The molecule has 0 spiro atoms. The molecule has 1 fully saturated rings. The van der Waals surface area contributed by atoms with Crippen LogP contribution in [0.25, 0.3) is 10.9 Å². The molecule has 1 atom stereocenters. The zero-order valence-corrected chi connectivity index (χ0v) is 23.8. The lowest BCUT2D eigenvalue weighted by molar-refractivity contribution is 0.0312. The largest absolute Gasteiger partial charge is 0.487 e. The van der Waals surface area contributed by atoms with E-state index in [0.29, 0.717) is 53.4 Å². The Morgan fingerprint density at radius 3 is 2.88 bits per heavy atom. The number of halogens is 3. The van der Waals surface area contributed by atoms with E-state index in [4.69, 9.17) is 25.9 Å². The lowest BCUT2D eigenvalue weighted by Crippen LogP contribution is -2.43. The van der Waals surface area contributed by atoms with E-state index in [2.05, 4.69) is 37.6 Å². The number of anilines is 2. The Balaban J connectivity index is 0.00000387. The number of hydrogen-bond acceptors (Lipinski definition) is 8. The number of oxime groups is 1. The van der Waals surface area contributed by atoms with Crippen molar-refractivity contribution in [2.45, 2.75) is 19.6 Å². The van der Waals surface area contributed by atoms with Crippen molar-refractivity contribution in [3.8, 4) is 17.6 Å². The van der Waals surface area contributed by atoms with Gasteiger partial charge < -0.3 is 24.9 Å². The summed E-state index contributed by atoms with van der Waals surface area (Å²) in [7, 11) is 0. The van der Waals surface area contributed by atoms with Crippen molar-refractivity contribution in [2.75, 3.05) is 31.7 Å². The van der Waals surface area contributed by atoms with Gasteiger partial charge in [-0.25, -0.2) is 14.4 Å². The monoisotopic (exact) mass is 595 g/mol. The van der Waals surface area contributed by atoms with Crippen LogP contribution in [0, 0.1) is 17.7 Å². The van der Waals surface area contributed by atoms with Crippen molar-refractivity contribution in [1.82, 2.24) is 15.3 Å². The second-order valence-corrected chi connectivity index (χ2v) is 9.39. The zero-order chi connectivity index (χ0) is 27.7. The number of rotatable bonds is 9. The van der Waals surface area contributed by atoms with Crippen LogP contribution in [0.15, 0.2) is 72.1 Å². The first kappa shape index (κ1) is 30.0. The second-order valence-electron chi connectivity index (χ2n) is 8.98. The number of fused-ring (bicyclic) bond motifs is 1. The number of benzene rings is 3. The molecule has 11 heteroatoms. The normalized spacial score (nSPS) is 14.9. The maximum atomic E-state index is 13.4. The van der Waals surface area contributed by atoms with Gasteiger partial charge in [0, 0.05) is 23.2 Å². The fourth-order valence-corrected chi connectivity index (χ4v) is 4.34. The summed E-state index contributed by atoms with van der Waals surface area (Å²) in [6.45, 7) is 4.39. The van der Waals surface area contributed by atoms with Crippen molar-refractivity contribution in [3.63, 3.8) is 0 Å². The third kappa shape index (κ3) is 8.06. The molecule has 0 radical (unpaired) electrons. The van der Waals surface area contributed by atoms with Gasteiger partial charge in [-0.2, -0.15) is 0 Å². The molecule has 1 aliphatic heterocycles. The van der Waals surface area contributed by atoms with Crippen molar-refractivity contribution < 1.29 is 18.7 Å². The zero-order valence-electron chi connectivity index (χ0n) is 22.2. The van der Waals surface area contributed by atoms with E-state index in [1.807, 2.05) is 24.3 Å². The fraction of sp³-hybridized carbons (Fsp3) is 0.233. The molecule has 1 aliphatic rings. The molecule has 0 saturated carbocycles. The predicted molar refractivity (Wildman–Crippen MR) is 161 cm³/mol. The first-order chi connectivity index (χ1) is 19.6. The quantitative estimate of drug-likeness (QED) is 0.141. The Bertz CT molecular complexity index is 1590. The standard InChI is InChI=1S/C30H27ClFN5O3.ClH/c1-2-4-27(37-40-18-24-17-38-12-11-33-24)21-7-9-28-25(14-21)30(35-19-34-28)36-23-8-10-29(26(31)15-23)39-16-20-5-3-6-22(32)13-20;/h3,5-10,13-15,19,24,33H,11-12,16-18H2,1H3,(H,34,35,36);1H/t24-;/m1./s1. The van der Waals surface area contributed by atoms with E-state index >= 15 is 0 Å². The van der Waals surface area contributed by atoms with Crippen molar-refractivity contribution in [2.24, 2.45) is 5.16 Å². The van der Waals surface area contributed by atoms with Gasteiger partial charge in [0.1, 0.15) is 36.9 Å². The van der Waals surface area contributed by atoms with E-state index in [1.165, 1.54) is 18.5 Å². The minimum atomic E-state index is -0.313. The van der Waals surface area contributed by atoms with Gasteiger partial charge >= 0.3 is 0 Å². The Morgan fingerprint density at radius 1 is 1.20 bits per heavy atom. The van der Waals surface area contributed by atoms with Crippen molar-refractivity contribution in [3.05, 3.63) is 89.0 Å². The SMILES string of the molecule is CC#CC(=NOC[C@H]1COCCN1)c1ccc2ncnc(Nc3ccc(OCc4cccc(F)c4)c(Cl)c3)c2c1.Cl. The number of ether oxygens (including phenoxy) is 2. The highest BCUT2D eigenvalue weighted by Gasteiger charge is 2.14. The summed E-state index contributed by atoms with van der Waals surface area (Å²) < 4.78 is 24.7. The van der Waals surface area contributed by atoms with E-state index in [-0.39, 0.29) is 30.9 Å². The molecule has 41 heavy (non-hydrogen) atoms. The molecule has 2 N–H and O–H groups in total. The van der Waals surface area contributed by atoms with Crippen LogP contribution in [0.1, 0.15) is 18.1 Å². The van der Waals surface area contributed by atoms with Crippen LogP contribution in [0.5, 0.6) is 5.75 Å². The van der Waals surface area contributed by atoms with Crippen LogP contribution in [0.4, 0.5) is 15.9 Å². The van der Waals surface area contributed by atoms with Gasteiger partial charge in [-0.15, -0.1) is 12.4 Å². The molecule has 0 amide bonds. The summed E-state index contributed by atoms with van der Waals surface area (Å²) in [5.41, 5.74) is 3.43. The minimum absolute atomic E-state index is 0. The molecule has 0 unspecified atom stereocenters. The number of morpholine rings is 1. The van der Waals surface area contributed by atoms with Crippen molar-refractivity contribution >= 4 is 52.1 Å². The molecule has 4 aromatic rings. The molecular formula is C30H28Cl2FN5O3. The maximum absolute atomic E-state index is 13.4. The van der Waals surface area contributed by atoms with Gasteiger partial charge in [0.15, 0.2) is 5.71 Å². The minimum Gasteiger partial charge on any atom is -0.487 e. The summed E-state index contributed by atoms with van der Waals surface area (Å²) in [6.07, 6.45) is 1.49. The van der Waals surface area contributed by atoms with E-state index < -0.39 is 0 Å². The lowest BCUT2D eigenvalue weighted by atomic mass is 10.1. The Kier molecular flexibility index (Phi) is 10.7. The van der Waals surface area contributed by atoms with Gasteiger partial charge in [-0.3, -0.25) is 0 Å². The van der Waals surface area contributed by atoms with Crippen LogP contribution in [0.3, 0.4) is 0 Å². The fourth-order valence-electron chi connectivity index (χ4n) is 4.11. The summed E-state index contributed by atoms with van der Waals surface area (Å²) in [6, 6.07) is 17.4. The molecule has 1 saturated heterocycles. The van der Waals surface area contributed by atoms with Crippen molar-refractivity contribution in [1.29, 1.82) is 0 Å². The predicted octanol–water partition coefficient (Wildman–Crippen LogP) is 5.90. The summed E-state index contributed by atoms with van der Waals surface area (Å²) in [5.74, 6) is 6.68. The summed E-state index contributed by atoms with van der Waals surface area (Å²) in [5, 5.41) is 12.1. The molecule has 0 aliphatic carbocycles. The average Bonchev–Trinajstić information content (AvgIpc) is 2.97. The first-order valence-electron chi connectivity index (χ1n) is 12.7. The van der Waals surface area contributed by atoms with Gasteiger partial charge in [0.05, 0.1) is 29.8 Å². The molecule has 5 rings (SSSR count). The van der Waals surface area contributed by atoms with Gasteiger partial charge in [0.25, 0.3) is 0 Å². The van der Waals surface area contributed by atoms with Crippen LogP contribution >= 0.6 is 24.0 Å². The van der Waals surface area contributed by atoms with Crippen LogP contribution in [0.2, 0.25) is 5.02 Å². The summed E-state index contributed by atoms with van der Waals surface area (Å²) >= 11 is 6.49. The van der Waals surface area contributed by atoms with E-state index in [0.717, 1.165) is 23.0 Å². The van der Waals surface area contributed by atoms with Crippen LogP contribution in [-0.4, -0.2) is 48.1 Å². The highest BCUT2D eigenvalue weighted by atomic mass is 35.5. The Hall–Kier alpha value is -3.94. The highest BCUT2D eigenvalue weighted by Crippen LogP contribution is 2.31. The third-order valence-corrected chi connectivity index (χ3v) is 6.36. The Morgan fingerprint density at radius 2 is 2.10 bits per heavy atom. The summed E-state index contributed by atoms with van der Waals surface area (Å²) in [4.78, 5) is 14.4. The number of hydrogen-bond donors (Lipinski definition) is 2. The Labute approximate surface area is 248 Å². The first-order valence-corrected chi connectivity index (χ1v) is 13.1. The van der Waals surface area contributed by atoms with Crippen LogP contribution < -0.4 is 15.4 Å². The molecular weight excluding hydrogens is 568 g/mol. The second kappa shape index (κ2) is 14.6. The van der Waals surface area contributed by atoms with E-state index in [9.17, 15) is 4.39 Å². The molecule has 2 heterocycles. The molecule has 3 aromatic carbocycles. The molecule has 8 nitrogen and oxygen atoms in total. The van der Waals surface area contributed by atoms with Crippen LogP contribution in [-0.2, 0) is 16.2 Å².